The maximum atomic E-state index is 12.4. The second-order valence-electron chi connectivity index (χ2n) is 7.22. The molecule has 1 N–H and O–H groups in total. The van der Waals surface area contributed by atoms with E-state index in [1.54, 1.807) is 17.0 Å². The number of nitrogens with zero attached hydrogens (tertiary/aromatic N) is 1. The van der Waals surface area contributed by atoms with Crippen molar-refractivity contribution in [2.75, 3.05) is 13.1 Å². The van der Waals surface area contributed by atoms with Gasteiger partial charge in [-0.15, -0.1) is 0 Å². The lowest BCUT2D eigenvalue weighted by molar-refractivity contribution is -0.129. The van der Waals surface area contributed by atoms with Crippen LogP contribution in [0.25, 0.3) is 0 Å². The highest BCUT2D eigenvalue weighted by atomic mass is 19.3. The normalized spacial score (nSPS) is 16.3. The molecule has 5 nitrogen and oxygen atoms in total. The number of nitrogens with one attached hydrogen (secondary N) is 1. The van der Waals surface area contributed by atoms with Crippen molar-refractivity contribution in [1.82, 2.24) is 10.2 Å². The van der Waals surface area contributed by atoms with Gasteiger partial charge in [-0.2, -0.15) is 8.78 Å². The van der Waals surface area contributed by atoms with Crippen molar-refractivity contribution in [3.05, 3.63) is 65.2 Å². The lowest BCUT2D eigenvalue weighted by Gasteiger charge is -2.17. The average molecular weight is 402 g/mol. The molecule has 3 rings (SSSR count). The van der Waals surface area contributed by atoms with Gasteiger partial charge in [-0.25, -0.2) is 0 Å². The number of benzene rings is 2. The molecule has 1 fully saturated rings. The van der Waals surface area contributed by atoms with Gasteiger partial charge in [0.15, 0.2) is 0 Å². The lowest BCUT2D eigenvalue weighted by atomic mass is 10.1. The first-order valence-electron chi connectivity index (χ1n) is 9.55. The fourth-order valence-electron chi connectivity index (χ4n) is 3.33. The van der Waals surface area contributed by atoms with Crippen molar-refractivity contribution >= 4 is 11.8 Å². The Bertz CT molecular complexity index is 838. The molecule has 0 bridgehead atoms. The SMILES string of the molecule is Cc1ccc(CN2CC(C(=O)NCCc3ccc(OC(F)F)cc3)CC2=O)cc1. The summed E-state index contributed by atoms with van der Waals surface area (Å²) >= 11 is 0. The third-order valence-corrected chi connectivity index (χ3v) is 4.94. The summed E-state index contributed by atoms with van der Waals surface area (Å²) in [5, 5.41) is 2.86. The minimum Gasteiger partial charge on any atom is -0.435 e. The summed E-state index contributed by atoms with van der Waals surface area (Å²) in [6.07, 6.45) is 0.784. The predicted octanol–water partition coefficient (Wildman–Crippen LogP) is 3.30. The lowest BCUT2D eigenvalue weighted by Crippen LogP contribution is -2.34. The summed E-state index contributed by atoms with van der Waals surface area (Å²) in [4.78, 5) is 26.4. The second kappa shape index (κ2) is 9.49. The summed E-state index contributed by atoms with van der Waals surface area (Å²) in [7, 11) is 0. The molecule has 1 unspecified atom stereocenters. The quantitative estimate of drug-likeness (QED) is 0.737. The number of rotatable bonds is 8. The molecule has 1 heterocycles. The van der Waals surface area contributed by atoms with Crippen LogP contribution in [-0.4, -0.2) is 36.4 Å². The highest BCUT2D eigenvalue weighted by Gasteiger charge is 2.33. The molecular weight excluding hydrogens is 378 g/mol. The maximum Gasteiger partial charge on any atom is 0.387 e. The summed E-state index contributed by atoms with van der Waals surface area (Å²) in [6.45, 7) is 0.501. The molecule has 0 spiro atoms. The first-order valence-corrected chi connectivity index (χ1v) is 9.55. The van der Waals surface area contributed by atoms with Gasteiger partial charge < -0.3 is 15.0 Å². The Balaban J connectivity index is 1.43. The first kappa shape index (κ1) is 20.8. The smallest absolute Gasteiger partial charge is 0.387 e. The number of carbonyl (C=O) groups excluding carboxylic acids is 2. The van der Waals surface area contributed by atoms with Crippen molar-refractivity contribution in [3.8, 4) is 5.75 Å². The third kappa shape index (κ3) is 6.01. The zero-order valence-electron chi connectivity index (χ0n) is 16.2. The number of amides is 2. The van der Waals surface area contributed by atoms with Crippen LogP contribution in [0.1, 0.15) is 23.1 Å². The number of hydrogen-bond acceptors (Lipinski definition) is 3. The predicted molar refractivity (Wildman–Crippen MR) is 104 cm³/mol. The minimum absolute atomic E-state index is 0.0136. The van der Waals surface area contributed by atoms with Gasteiger partial charge in [0.1, 0.15) is 5.75 Å². The largest absolute Gasteiger partial charge is 0.435 e. The van der Waals surface area contributed by atoms with Gasteiger partial charge in [0, 0.05) is 26.1 Å². The molecule has 0 aliphatic carbocycles. The molecule has 1 aliphatic rings. The number of halogens is 2. The molecule has 2 aromatic rings. The molecule has 0 aromatic heterocycles. The van der Waals surface area contributed by atoms with Gasteiger partial charge in [-0.1, -0.05) is 42.0 Å². The molecule has 7 heteroatoms. The molecule has 1 aliphatic heterocycles. The highest BCUT2D eigenvalue weighted by Crippen LogP contribution is 2.21. The number of likely N-dealkylation sites (tertiary alicyclic amines) is 1. The van der Waals surface area contributed by atoms with E-state index in [9.17, 15) is 18.4 Å². The second-order valence-corrected chi connectivity index (χ2v) is 7.22. The molecule has 1 atom stereocenters. The van der Waals surface area contributed by atoms with E-state index >= 15 is 0 Å². The molecule has 29 heavy (non-hydrogen) atoms. The molecule has 154 valence electrons. The Morgan fingerprint density at radius 1 is 1.14 bits per heavy atom. The van der Waals surface area contributed by atoms with Crippen molar-refractivity contribution < 1.29 is 23.1 Å². The van der Waals surface area contributed by atoms with E-state index in [1.807, 2.05) is 31.2 Å². The Hall–Kier alpha value is -2.96. The summed E-state index contributed by atoms with van der Waals surface area (Å²) in [5.74, 6) is -0.400. The number of hydrogen-bond donors (Lipinski definition) is 1. The Labute approximate surface area is 168 Å². The minimum atomic E-state index is -2.85. The Morgan fingerprint density at radius 2 is 1.79 bits per heavy atom. The van der Waals surface area contributed by atoms with Crippen molar-refractivity contribution in [3.63, 3.8) is 0 Å². The maximum absolute atomic E-state index is 12.4. The Kier molecular flexibility index (Phi) is 6.80. The van der Waals surface area contributed by atoms with Crippen LogP contribution in [0.4, 0.5) is 8.78 Å². The van der Waals surface area contributed by atoms with Crippen molar-refractivity contribution in [1.29, 1.82) is 0 Å². The monoisotopic (exact) mass is 402 g/mol. The van der Waals surface area contributed by atoms with Crippen LogP contribution in [0.3, 0.4) is 0 Å². The van der Waals surface area contributed by atoms with Gasteiger partial charge >= 0.3 is 6.61 Å². The van der Waals surface area contributed by atoms with E-state index < -0.39 is 6.61 Å². The van der Waals surface area contributed by atoms with Crippen LogP contribution in [0.2, 0.25) is 0 Å². The van der Waals surface area contributed by atoms with E-state index in [0.717, 1.165) is 16.7 Å². The number of ether oxygens (including phenoxy) is 1. The topological polar surface area (TPSA) is 58.6 Å². The van der Waals surface area contributed by atoms with Gasteiger partial charge in [-0.3, -0.25) is 9.59 Å². The van der Waals surface area contributed by atoms with E-state index in [2.05, 4.69) is 10.1 Å². The number of carbonyl (C=O) groups is 2. The zero-order chi connectivity index (χ0) is 20.8. The van der Waals surface area contributed by atoms with E-state index in [-0.39, 0.29) is 29.9 Å². The summed E-state index contributed by atoms with van der Waals surface area (Å²) in [6, 6.07) is 14.3. The highest BCUT2D eigenvalue weighted by molar-refractivity contribution is 5.89. The zero-order valence-corrected chi connectivity index (χ0v) is 16.2. The van der Waals surface area contributed by atoms with Crippen LogP contribution in [0, 0.1) is 12.8 Å². The van der Waals surface area contributed by atoms with E-state index in [0.29, 0.717) is 26.1 Å². The molecular formula is C22H24F2N2O3. The van der Waals surface area contributed by atoms with Gasteiger partial charge in [0.25, 0.3) is 0 Å². The Morgan fingerprint density at radius 3 is 2.45 bits per heavy atom. The fourth-order valence-corrected chi connectivity index (χ4v) is 3.33. The standard InChI is InChI=1S/C22H24F2N2O3/c1-15-2-4-17(5-3-15)13-26-14-18(12-20(26)27)21(28)25-11-10-16-6-8-19(9-7-16)29-22(23)24/h2-9,18,22H,10-14H2,1H3,(H,25,28). The molecule has 2 aromatic carbocycles. The van der Waals surface area contributed by atoms with E-state index in [4.69, 9.17) is 0 Å². The van der Waals surface area contributed by atoms with Crippen LogP contribution >= 0.6 is 0 Å². The van der Waals surface area contributed by atoms with Crippen molar-refractivity contribution in [2.45, 2.75) is 32.9 Å². The van der Waals surface area contributed by atoms with Crippen LogP contribution in [0.5, 0.6) is 5.75 Å². The van der Waals surface area contributed by atoms with Crippen LogP contribution < -0.4 is 10.1 Å². The van der Waals surface area contributed by atoms with Gasteiger partial charge in [0.05, 0.1) is 5.92 Å². The molecule has 2 amide bonds. The first-order chi connectivity index (χ1) is 13.9. The molecule has 0 saturated carbocycles. The van der Waals surface area contributed by atoms with Crippen molar-refractivity contribution in [2.24, 2.45) is 5.92 Å². The number of alkyl halides is 2. The molecule has 1 saturated heterocycles. The molecule has 0 radical (unpaired) electrons. The third-order valence-electron chi connectivity index (χ3n) is 4.94. The fraction of sp³-hybridized carbons (Fsp3) is 0.364. The summed E-state index contributed by atoms with van der Waals surface area (Å²) < 4.78 is 28.6. The summed E-state index contributed by atoms with van der Waals surface area (Å²) in [5.41, 5.74) is 3.11. The van der Waals surface area contributed by atoms with Gasteiger partial charge in [0.2, 0.25) is 11.8 Å². The average Bonchev–Trinajstić information content (AvgIpc) is 3.05. The van der Waals surface area contributed by atoms with Gasteiger partial charge in [-0.05, 0) is 36.6 Å². The van der Waals surface area contributed by atoms with Crippen LogP contribution in [-0.2, 0) is 22.6 Å². The van der Waals surface area contributed by atoms with Crippen LogP contribution in [0.15, 0.2) is 48.5 Å². The van der Waals surface area contributed by atoms with E-state index in [1.165, 1.54) is 12.1 Å². The number of aryl methyl sites for hydroxylation is 1.